The van der Waals surface area contributed by atoms with Crippen LogP contribution in [0.5, 0.6) is 5.75 Å². The summed E-state index contributed by atoms with van der Waals surface area (Å²) in [5.41, 5.74) is 1.29. The van der Waals surface area contributed by atoms with Crippen LogP contribution in [0.3, 0.4) is 0 Å². The minimum absolute atomic E-state index is 0.138. The molecule has 0 atom stereocenters. The van der Waals surface area contributed by atoms with Crippen molar-refractivity contribution in [1.82, 2.24) is 9.55 Å². The van der Waals surface area contributed by atoms with Crippen LogP contribution in [-0.2, 0) is 11.2 Å². The highest BCUT2D eigenvalue weighted by Gasteiger charge is 2.40. The molecule has 1 saturated carbocycles. The van der Waals surface area contributed by atoms with Crippen LogP contribution in [0.15, 0.2) is 18.2 Å². The molecule has 0 unspecified atom stereocenters. The molecule has 0 N–H and O–H groups in total. The number of methoxy groups -OCH3 is 1. The number of halogens is 3. The van der Waals surface area contributed by atoms with Crippen LogP contribution < -0.4 is 4.74 Å². The summed E-state index contributed by atoms with van der Waals surface area (Å²) in [5, 5.41) is 0. The first kappa shape index (κ1) is 13.9. The van der Waals surface area contributed by atoms with Crippen molar-refractivity contribution in [2.45, 2.75) is 31.5 Å². The van der Waals surface area contributed by atoms with Crippen LogP contribution in [0.25, 0.3) is 11.0 Å². The molecule has 0 bridgehead atoms. The Bertz CT molecular complexity index is 702. The highest BCUT2D eigenvalue weighted by atomic mass is 19.4. The topological polar surface area (TPSA) is 44.1 Å². The Kier molecular flexibility index (Phi) is 3.15. The molecule has 3 rings (SSSR count). The van der Waals surface area contributed by atoms with Gasteiger partial charge in [-0.25, -0.2) is 4.98 Å². The van der Waals surface area contributed by atoms with Crippen LogP contribution in [0, 0.1) is 0 Å². The third-order valence-corrected chi connectivity index (χ3v) is 3.52. The number of aromatic nitrogens is 2. The van der Waals surface area contributed by atoms with Gasteiger partial charge in [0.05, 0.1) is 24.6 Å². The van der Waals surface area contributed by atoms with E-state index < -0.39 is 18.4 Å². The van der Waals surface area contributed by atoms with Crippen molar-refractivity contribution in [3.05, 3.63) is 24.0 Å². The van der Waals surface area contributed by atoms with E-state index >= 15 is 0 Å². The second-order valence-electron chi connectivity index (χ2n) is 5.08. The number of hydrogen-bond acceptors (Lipinski definition) is 3. The van der Waals surface area contributed by atoms with E-state index in [1.165, 1.54) is 7.11 Å². The van der Waals surface area contributed by atoms with Gasteiger partial charge in [-0.3, -0.25) is 4.79 Å². The predicted octanol–water partition coefficient (Wildman–Crippen LogP) is 3.05. The summed E-state index contributed by atoms with van der Waals surface area (Å²) in [6.45, 7) is 0. The first-order chi connectivity index (χ1) is 9.90. The van der Waals surface area contributed by atoms with Gasteiger partial charge in [-0.15, -0.1) is 0 Å². The number of Topliss-reactive ketones (excluding diaryl/α,β-unsaturated/α-hetero) is 1. The monoisotopic (exact) mass is 298 g/mol. The molecule has 1 aromatic carbocycles. The molecule has 0 amide bonds. The number of carbonyl (C=O) groups is 1. The van der Waals surface area contributed by atoms with Crippen molar-refractivity contribution in [1.29, 1.82) is 0 Å². The van der Waals surface area contributed by atoms with Crippen molar-refractivity contribution in [2.24, 2.45) is 0 Å². The molecule has 2 aromatic rings. The van der Waals surface area contributed by atoms with Gasteiger partial charge in [-0.1, -0.05) is 0 Å². The number of ether oxygens (including phenoxy) is 1. The Morgan fingerprint density at radius 3 is 2.71 bits per heavy atom. The molecule has 0 radical (unpaired) electrons. The molecular weight excluding hydrogens is 285 g/mol. The number of benzene rings is 1. The fourth-order valence-electron chi connectivity index (χ4n) is 2.36. The lowest BCUT2D eigenvalue weighted by Gasteiger charge is -2.08. The number of hydrogen-bond donors (Lipinski definition) is 0. The predicted molar refractivity (Wildman–Crippen MR) is 69.3 cm³/mol. The van der Waals surface area contributed by atoms with E-state index in [0.717, 1.165) is 18.4 Å². The normalized spacial score (nSPS) is 15.4. The zero-order valence-electron chi connectivity index (χ0n) is 11.3. The Morgan fingerprint density at radius 2 is 2.14 bits per heavy atom. The Labute approximate surface area is 118 Å². The summed E-state index contributed by atoms with van der Waals surface area (Å²) in [4.78, 5) is 15.4. The Hall–Kier alpha value is -2.05. The molecule has 1 aliphatic carbocycles. The van der Waals surface area contributed by atoms with E-state index in [2.05, 4.69) is 4.98 Å². The van der Waals surface area contributed by atoms with Gasteiger partial charge in [-0.2, -0.15) is 13.2 Å². The van der Waals surface area contributed by atoms with E-state index in [0.29, 0.717) is 11.3 Å². The van der Waals surface area contributed by atoms with Crippen molar-refractivity contribution >= 4 is 16.8 Å². The van der Waals surface area contributed by atoms with E-state index in [-0.39, 0.29) is 11.9 Å². The molecule has 0 saturated heterocycles. The zero-order valence-corrected chi connectivity index (χ0v) is 11.3. The summed E-state index contributed by atoms with van der Waals surface area (Å²) in [7, 11) is 1.51. The molecule has 0 aliphatic heterocycles. The van der Waals surface area contributed by atoms with Crippen molar-refractivity contribution < 1.29 is 22.7 Å². The highest BCUT2D eigenvalue weighted by molar-refractivity contribution is 5.87. The number of fused-ring (bicyclic) bond motifs is 1. The van der Waals surface area contributed by atoms with Crippen molar-refractivity contribution in [3.8, 4) is 5.75 Å². The second kappa shape index (κ2) is 4.75. The number of alkyl halides is 3. The summed E-state index contributed by atoms with van der Waals surface area (Å²) < 4.78 is 44.2. The van der Waals surface area contributed by atoms with Gasteiger partial charge in [0.2, 0.25) is 5.78 Å². The lowest BCUT2D eigenvalue weighted by molar-refractivity contribution is -0.170. The van der Waals surface area contributed by atoms with Crippen LogP contribution in [0.1, 0.15) is 24.7 Å². The lowest BCUT2D eigenvalue weighted by Crippen LogP contribution is -2.26. The first-order valence-electron chi connectivity index (χ1n) is 6.55. The van der Waals surface area contributed by atoms with E-state index in [1.807, 2.05) is 0 Å². The molecule has 7 heteroatoms. The van der Waals surface area contributed by atoms with E-state index in [1.54, 1.807) is 22.8 Å². The standard InChI is InChI=1S/C14H13F3N2O2/c1-21-9-4-5-11-10(6-9)18-13(19(11)8-2-3-8)7-12(20)14(15,16)17/h4-6,8H,2-3,7H2,1H3. The third-order valence-electron chi connectivity index (χ3n) is 3.52. The Morgan fingerprint density at radius 1 is 1.43 bits per heavy atom. The largest absolute Gasteiger partial charge is 0.497 e. The van der Waals surface area contributed by atoms with Crippen LogP contribution in [0.2, 0.25) is 0 Å². The first-order valence-corrected chi connectivity index (χ1v) is 6.55. The lowest BCUT2D eigenvalue weighted by atomic mass is 10.2. The van der Waals surface area contributed by atoms with E-state index in [9.17, 15) is 18.0 Å². The van der Waals surface area contributed by atoms with Crippen LogP contribution >= 0.6 is 0 Å². The number of ketones is 1. The van der Waals surface area contributed by atoms with Gasteiger partial charge >= 0.3 is 6.18 Å². The maximum Gasteiger partial charge on any atom is 0.450 e. The van der Waals surface area contributed by atoms with Crippen molar-refractivity contribution in [2.75, 3.05) is 7.11 Å². The van der Waals surface area contributed by atoms with Gasteiger partial charge in [0, 0.05) is 12.1 Å². The number of rotatable bonds is 4. The molecule has 21 heavy (non-hydrogen) atoms. The number of imidazole rings is 1. The average molecular weight is 298 g/mol. The van der Waals surface area contributed by atoms with Gasteiger partial charge in [0.1, 0.15) is 11.6 Å². The van der Waals surface area contributed by atoms with Crippen LogP contribution in [-0.4, -0.2) is 28.6 Å². The molecule has 1 aromatic heterocycles. The van der Waals surface area contributed by atoms with Gasteiger partial charge < -0.3 is 9.30 Å². The maximum absolute atomic E-state index is 12.5. The summed E-state index contributed by atoms with van der Waals surface area (Å²) in [6, 6.07) is 5.30. The molecule has 1 fully saturated rings. The minimum atomic E-state index is -4.83. The van der Waals surface area contributed by atoms with Crippen molar-refractivity contribution in [3.63, 3.8) is 0 Å². The SMILES string of the molecule is COc1ccc2c(c1)nc(CC(=O)C(F)(F)F)n2C1CC1. The third kappa shape index (κ3) is 2.59. The van der Waals surface area contributed by atoms with Gasteiger partial charge in [0.25, 0.3) is 0 Å². The highest BCUT2D eigenvalue weighted by Crippen LogP contribution is 2.39. The molecular formula is C14H13F3N2O2. The van der Waals surface area contributed by atoms with Crippen LogP contribution in [0.4, 0.5) is 13.2 Å². The molecule has 0 spiro atoms. The summed E-state index contributed by atoms with van der Waals surface area (Å²) in [5.74, 6) is -1.02. The zero-order chi connectivity index (χ0) is 15.2. The minimum Gasteiger partial charge on any atom is -0.497 e. The van der Waals surface area contributed by atoms with E-state index in [4.69, 9.17) is 4.74 Å². The summed E-state index contributed by atoms with van der Waals surface area (Å²) >= 11 is 0. The smallest absolute Gasteiger partial charge is 0.450 e. The fourth-order valence-corrected chi connectivity index (χ4v) is 2.36. The fraction of sp³-hybridized carbons (Fsp3) is 0.429. The molecule has 1 heterocycles. The average Bonchev–Trinajstić information content (AvgIpc) is 3.18. The number of nitrogens with zero attached hydrogens (tertiary/aromatic N) is 2. The maximum atomic E-state index is 12.5. The molecule has 112 valence electrons. The molecule has 4 nitrogen and oxygen atoms in total. The summed E-state index contributed by atoms with van der Waals surface area (Å²) in [6.07, 6.45) is -3.77. The Balaban J connectivity index is 2.04. The van der Waals surface area contributed by atoms with Gasteiger partial charge in [-0.05, 0) is 25.0 Å². The quantitative estimate of drug-likeness (QED) is 0.871. The number of carbonyl (C=O) groups excluding carboxylic acids is 1. The molecule has 1 aliphatic rings. The van der Waals surface area contributed by atoms with Gasteiger partial charge in [0.15, 0.2) is 0 Å². The second-order valence-corrected chi connectivity index (χ2v) is 5.08.